The third-order valence-electron chi connectivity index (χ3n) is 2.13. The van der Waals surface area contributed by atoms with Gasteiger partial charge in [-0.15, -0.1) is 10.2 Å². The fourth-order valence-electron chi connectivity index (χ4n) is 1.31. The van der Waals surface area contributed by atoms with Crippen molar-refractivity contribution in [1.29, 1.82) is 0 Å². The summed E-state index contributed by atoms with van der Waals surface area (Å²) in [4.78, 5) is 11.7. The predicted molar refractivity (Wildman–Crippen MR) is 61.3 cm³/mol. The van der Waals surface area contributed by atoms with E-state index >= 15 is 0 Å². The zero-order valence-corrected chi connectivity index (χ0v) is 10.1. The molecule has 0 aliphatic heterocycles. The van der Waals surface area contributed by atoms with Gasteiger partial charge in [-0.3, -0.25) is 0 Å². The molecule has 0 saturated heterocycles. The van der Waals surface area contributed by atoms with Gasteiger partial charge in [0.15, 0.2) is 0 Å². The van der Waals surface area contributed by atoms with Crippen molar-refractivity contribution in [3.05, 3.63) is 35.2 Å². The number of aryl methyl sites for hydroxylation is 2. The summed E-state index contributed by atoms with van der Waals surface area (Å²) in [6.45, 7) is 3.56. The van der Waals surface area contributed by atoms with Gasteiger partial charge in [-0.25, -0.2) is 4.79 Å². The number of hydrogen-bond donors (Lipinski definition) is 1. The summed E-state index contributed by atoms with van der Waals surface area (Å²) in [5.74, 6) is -0.425. The van der Waals surface area contributed by atoms with Gasteiger partial charge in [-0.05, 0) is 42.4 Å². The summed E-state index contributed by atoms with van der Waals surface area (Å²) < 4.78 is 5.24. The van der Waals surface area contributed by atoms with Crippen LogP contribution in [0.3, 0.4) is 0 Å². The summed E-state index contributed by atoms with van der Waals surface area (Å²) in [7, 11) is 0. The molecule has 2 rings (SSSR count). The summed E-state index contributed by atoms with van der Waals surface area (Å²) in [5, 5.41) is 16.9. The lowest BCUT2D eigenvalue weighted by Gasteiger charge is -2.03. The molecule has 0 bridgehead atoms. The highest BCUT2D eigenvalue weighted by molar-refractivity contribution is 7.99. The molecule has 2 aromatic rings. The predicted octanol–water partition coefficient (Wildman–Crippen LogP) is 2.54. The van der Waals surface area contributed by atoms with E-state index in [4.69, 9.17) is 9.52 Å². The van der Waals surface area contributed by atoms with Crippen LogP contribution < -0.4 is 0 Å². The molecule has 6 heteroatoms. The smallest absolute Gasteiger partial charge is 0.335 e. The van der Waals surface area contributed by atoms with Crippen LogP contribution in [0.1, 0.15) is 21.8 Å². The van der Waals surface area contributed by atoms with Gasteiger partial charge in [0, 0.05) is 11.8 Å². The molecular formula is C11H10N2O3S. The highest BCUT2D eigenvalue weighted by atomic mass is 32.2. The second-order valence-corrected chi connectivity index (χ2v) is 4.47. The van der Waals surface area contributed by atoms with Crippen molar-refractivity contribution in [2.45, 2.75) is 24.0 Å². The van der Waals surface area contributed by atoms with Crippen LogP contribution in [0.5, 0.6) is 0 Å². The largest absolute Gasteiger partial charge is 0.478 e. The van der Waals surface area contributed by atoms with Crippen LogP contribution in [0.2, 0.25) is 0 Å². The zero-order chi connectivity index (χ0) is 12.4. The van der Waals surface area contributed by atoms with Gasteiger partial charge in [-0.2, -0.15) is 0 Å². The topological polar surface area (TPSA) is 76.2 Å². The standard InChI is InChI=1S/C11H10N2O3S/c1-6-5-8(10(14)15)3-4-9(6)17-11-13-12-7(2)16-11/h3-5H,1-2H3,(H,14,15). The van der Waals surface area contributed by atoms with Crippen molar-refractivity contribution >= 4 is 17.7 Å². The van der Waals surface area contributed by atoms with Crippen molar-refractivity contribution < 1.29 is 14.3 Å². The highest BCUT2D eigenvalue weighted by Gasteiger charge is 2.10. The molecule has 1 aromatic heterocycles. The Bertz CT molecular complexity index is 566. The van der Waals surface area contributed by atoms with Crippen molar-refractivity contribution in [3.8, 4) is 0 Å². The minimum Gasteiger partial charge on any atom is -0.478 e. The number of aromatic nitrogens is 2. The van der Waals surface area contributed by atoms with Gasteiger partial charge in [0.1, 0.15) is 0 Å². The van der Waals surface area contributed by atoms with Crippen LogP contribution in [0, 0.1) is 13.8 Å². The summed E-state index contributed by atoms with van der Waals surface area (Å²) in [6.07, 6.45) is 0. The Balaban J connectivity index is 2.25. The number of benzene rings is 1. The van der Waals surface area contributed by atoms with Gasteiger partial charge >= 0.3 is 5.97 Å². The molecule has 88 valence electrons. The number of aromatic carboxylic acids is 1. The number of carbonyl (C=O) groups is 1. The van der Waals surface area contributed by atoms with E-state index < -0.39 is 5.97 Å². The molecule has 0 aliphatic rings. The molecule has 1 N–H and O–H groups in total. The lowest BCUT2D eigenvalue weighted by atomic mass is 10.1. The lowest BCUT2D eigenvalue weighted by molar-refractivity contribution is 0.0696. The molecule has 0 unspecified atom stereocenters. The van der Waals surface area contributed by atoms with E-state index in [0.29, 0.717) is 11.1 Å². The highest BCUT2D eigenvalue weighted by Crippen LogP contribution is 2.29. The maximum atomic E-state index is 10.8. The van der Waals surface area contributed by atoms with Crippen LogP contribution in [0.4, 0.5) is 0 Å². The van der Waals surface area contributed by atoms with E-state index in [-0.39, 0.29) is 5.56 Å². The van der Waals surface area contributed by atoms with Crippen LogP contribution in [-0.4, -0.2) is 21.3 Å². The minimum absolute atomic E-state index is 0.272. The molecular weight excluding hydrogens is 240 g/mol. The second-order valence-electron chi connectivity index (χ2n) is 3.47. The molecule has 17 heavy (non-hydrogen) atoms. The number of carboxylic acid groups (broad SMARTS) is 1. The minimum atomic E-state index is -0.932. The first-order valence-corrected chi connectivity index (χ1v) is 5.70. The van der Waals surface area contributed by atoms with Crippen LogP contribution in [-0.2, 0) is 0 Å². The maximum absolute atomic E-state index is 10.8. The van der Waals surface area contributed by atoms with Crippen LogP contribution >= 0.6 is 11.8 Å². The van der Waals surface area contributed by atoms with Gasteiger partial charge in [0.05, 0.1) is 5.56 Å². The second kappa shape index (κ2) is 4.58. The van der Waals surface area contributed by atoms with E-state index in [9.17, 15) is 4.79 Å². The molecule has 0 radical (unpaired) electrons. The molecule has 5 nitrogen and oxygen atoms in total. The fraction of sp³-hybridized carbons (Fsp3) is 0.182. The molecule has 0 atom stereocenters. The van der Waals surface area contributed by atoms with Crippen molar-refractivity contribution in [2.75, 3.05) is 0 Å². The van der Waals surface area contributed by atoms with E-state index in [0.717, 1.165) is 10.5 Å². The summed E-state index contributed by atoms with van der Waals surface area (Å²) in [5.41, 5.74) is 1.14. The number of carboxylic acids is 1. The molecule has 1 heterocycles. The molecule has 1 aromatic carbocycles. The van der Waals surface area contributed by atoms with E-state index in [1.807, 2.05) is 6.92 Å². The first-order chi connectivity index (χ1) is 8.06. The third kappa shape index (κ3) is 2.65. The van der Waals surface area contributed by atoms with E-state index in [1.165, 1.54) is 11.8 Å². The van der Waals surface area contributed by atoms with Crippen LogP contribution in [0.25, 0.3) is 0 Å². The van der Waals surface area contributed by atoms with Gasteiger partial charge in [0.25, 0.3) is 5.22 Å². The number of nitrogens with zero attached hydrogens (tertiary/aromatic N) is 2. The van der Waals surface area contributed by atoms with Gasteiger partial charge < -0.3 is 9.52 Å². The lowest BCUT2D eigenvalue weighted by Crippen LogP contribution is -1.96. The Labute approximate surface area is 102 Å². The van der Waals surface area contributed by atoms with E-state index in [2.05, 4.69) is 10.2 Å². The Morgan fingerprint density at radius 1 is 1.35 bits per heavy atom. The SMILES string of the molecule is Cc1nnc(Sc2ccc(C(=O)O)cc2C)o1. The molecule has 0 saturated carbocycles. The fourth-order valence-corrected chi connectivity index (χ4v) is 2.10. The number of rotatable bonds is 3. The van der Waals surface area contributed by atoms with Crippen molar-refractivity contribution in [3.63, 3.8) is 0 Å². The Morgan fingerprint density at radius 3 is 2.65 bits per heavy atom. The molecule has 0 fully saturated rings. The number of hydrogen-bond acceptors (Lipinski definition) is 5. The third-order valence-corrected chi connectivity index (χ3v) is 3.14. The quantitative estimate of drug-likeness (QED) is 0.902. The average molecular weight is 250 g/mol. The molecule has 0 amide bonds. The van der Waals surface area contributed by atoms with E-state index in [1.54, 1.807) is 25.1 Å². The summed E-state index contributed by atoms with van der Waals surface area (Å²) in [6, 6.07) is 4.91. The maximum Gasteiger partial charge on any atom is 0.335 e. The van der Waals surface area contributed by atoms with Gasteiger partial charge in [-0.1, -0.05) is 0 Å². The normalized spacial score (nSPS) is 10.5. The van der Waals surface area contributed by atoms with Crippen molar-refractivity contribution in [2.24, 2.45) is 0 Å². The summed E-state index contributed by atoms with van der Waals surface area (Å²) >= 11 is 1.32. The van der Waals surface area contributed by atoms with Crippen molar-refractivity contribution in [1.82, 2.24) is 10.2 Å². The first-order valence-electron chi connectivity index (χ1n) is 4.88. The Morgan fingerprint density at radius 2 is 2.12 bits per heavy atom. The molecule has 0 aliphatic carbocycles. The molecule has 0 spiro atoms. The Hall–Kier alpha value is -1.82. The van der Waals surface area contributed by atoms with Gasteiger partial charge in [0.2, 0.25) is 5.89 Å². The first kappa shape index (κ1) is 11.7. The zero-order valence-electron chi connectivity index (χ0n) is 9.30. The Kier molecular flexibility index (Phi) is 3.14. The monoisotopic (exact) mass is 250 g/mol. The average Bonchev–Trinajstić information content (AvgIpc) is 2.67. The van der Waals surface area contributed by atoms with Crippen LogP contribution in [0.15, 0.2) is 32.7 Å².